The Bertz CT molecular complexity index is 145. The minimum atomic E-state index is 0.0203. The number of piperazine rings is 1. The fourth-order valence-electron chi connectivity index (χ4n) is 1.02. The van der Waals surface area contributed by atoms with Gasteiger partial charge in [-0.2, -0.15) is 0 Å². The molecular weight excluding hydrogens is 257 g/mol. The van der Waals surface area contributed by atoms with Crippen LogP contribution in [0, 0.1) is 0 Å². The minimum Gasteiger partial charge on any atom is -0.289 e. The van der Waals surface area contributed by atoms with Gasteiger partial charge in [0.1, 0.15) is 0 Å². The van der Waals surface area contributed by atoms with Gasteiger partial charge in [0.05, 0.1) is 0 Å². The molecule has 0 unspecified atom stereocenters. The first-order valence-electron chi connectivity index (χ1n) is 3.61. The molecule has 64 valence electrons. The molecule has 0 aromatic rings. The molecule has 1 saturated heterocycles. The number of hydrogen-bond donors (Lipinski definition) is 1. The molecule has 1 rings (SSSR count). The number of nitrogens with zero attached hydrogens (tertiary/aromatic N) is 2. The molecule has 0 atom stereocenters. The normalized spacial score (nSPS) is 21.6. The van der Waals surface area contributed by atoms with E-state index < -0.39 is 0 Å². The average Bonchev–Trinajstić information content (AvgIpc) is 1.93. The number of hydrazine groups is 1. The van der Waals surface area contributed by atoms with Crippen LogP contribution in [0.2, 0.25) is 0 Å². The van der Waals surface area contributed by atoms with Crippen LogP contribution in [0.25, 0.3) is 0 Å². The summed E-state index contributed by atoms with van der Waals surface area (Å²) in [6.45, 7) is 5.41. The molecule has 5 heteroatoms. The second-order valence-electron chi connectivity index (χ2n) is 2.56. The molecule has 1 N–H and O–H groups in total. The van der Waals surface area contributed by atoms with Gasteiger partial charge < -0.3 is 0 Å². The van der Waals surface area contributed by atoms with Crippen molar-refractivity contribution in [2.24, 2.45) is 0 Å². The molecule has 1 amide bonds. The Labute approximate surface area is 80.4 Å². The van der Waals surface area contributed by atoms with Crippen LogP contribution >= 0.6 is 22.9 Å². The maximum absolute atomic E-state index is 10.6. The Kier molecular flexibility index (Phi) is 3.53. The molecule has 0 bridgehead atoms. The number of carbonyl (C=O) groups is 1. The third kappa shape index (κ3) is 3.35. The topological polar surface area (TPSA) is 35.6 Å². The van der Waals surface area contributed by atoms with Gasteiger partial charge in [0.25, 0.3) is 0 Å². The predicted octanol–water partition coefficient (Wildman–Crippen LogP) is 0.00510. The zero-order valence-electron chi connectivity index (χ0n) is 6.51. The van der Waals surface area contributed by atoms with Gasteiger partial charge in [-0.1, -0.05) is 0 Å². The summed E-state index contributed by atoms with van der Waals surface area (Å²) >= 11 is 2.29. The molecule has 0 radical (unpaired) electrons. The summed E-state index contributed by atoms with van der Waals surface area (Å²) in [5.74, 6) is 0.0203. The van der Waals surface area contributed by atoms with Crippen LogP contribution in [-0.2, 0) is 4.79 Å². The molecule has 0 aromatic heterocycles. The summed E-state index contributed by atoms with van der Waals surface area (Å²) in [6, 6.07) is 0. The Morgan fingerprint density at radius 3 is 2.36 bits per heavy atom. The molecule has 0 saturated carbocycles. The van der Waals surface area contributed by atoms with Crippen molar-refractivity contribution in [1.29, 1.82) is 0 Å². The van der Waals surface area contributed by atoms with Crippen LogP contribution in [0.1, 0.15) is 6.92 Å². The van der Waals surface area contributed by atoms with Crippen molar-refractivity contribution in [3.05, 3.63) is 0 Å². The molecule has 0 aromatic carbocycles. The van der Waals surface area contributed by atoms with E-state index in [0.717, 1.165) is 26.2 Å². The van der Waals surface area contributed by atoms with Gasteiger partial charge in [0, 0.05) is 56.0 Å². The first-order chi connectivity index (χ1) is 5.18. The molecule has 11 heavy (non-hydrogen) atoms. The zero-order valence-corrected chi connectivity index (χ0v) is 8.67. The molecule has 1 fully saturated rings. The third-order valence-corrected chi connectivity index (χ3v) is 2.51. The summed E-state index contributed by atoms with van der Waals surface area (Å²) in [5.41, 5.74) is 2.77. The summed E-state index contributed by atoms with van der Waals surface area (Å²) < 4.78 is 2.22. The van der Waals surface area contributed by atoms with Crippen molar-refractivity contribution in [2.75, 3.05) is 26.2 Å². The molecule has 4 nitrogen and oxygen atoms in total. The van der Waals surface area contributed by atoms with E-state index in [1.54, 1.807) is 0 Å². The van der Waals surface area contributed by atoms with Crippen molar-refractivity contribution in [1.82, 2.24) is 13.5 Å². The number of rotatable bonds is 1. The van der Waals surface area contributed by atoms with Gasteiger partial charge in [-0.05, 0) is 0 Å². The lowest BCUT2D eigenvalue weighted by atomic mass is 10.4. The van der Waals surface area contributed by atoms with Crippen molar-refractivity contribution >= 4 is 28.8 Å². The Morgan fingerprint density at radius 1 is 1.36 bits per heavy atom. The van der Waals surface area contributed by atoms with E-state index in [4.69, 9.17) is 0 Å². The summed E-state index contributed by atoms with van der Waals surface area (Å²) in [5, 5.41) is 1.96. The number of amides is 1. The molecule has 1 aliphatic rings. The fraction of sp³-hybridized carbons (Fsp3) is 0.833. The largest absolute Gasteiger partial charge is 0.289 e. The van der Waals surface area contributed by atoms with E-state index in [1.165, 1.54) is 6.92 Å². The van der Waals surface area contributed by atoms with E-state index in [1.807, 2.05) is 5.01 Å². The summed E-state index contributed by atoms with van der Waals surface area (Å²) in [6.07, 6.45) is 0. The van der Waals surface area contributed by atoms with E-state index in [-0.39, 0.29) is 5.91 Å². The molecule has 0 aliphatic carbocycles. The number of carbonyl (C=O) groups excluding carboxylic acids is 1. The predicted molar refractivity (Wildman–Crippen MR) is 51.0 cm³/mol. The highest BCUT2D eigenvalue weighted by Crippen LogP contribution is 2.03. The van der Waals surface area contributed by atoms with Gasteiger partial charge in [-0.15, -0.1) is 0 Å². The minimum absolute atomic E-state index is 0.0203. The summed E-state index contributed by atoms with van der Waals surface area (Å²) in [7, 11) is 0. The van der Waals surface area contributed by atoms with E-state index >= 15 is 0 Å². The Morgan fingerprint density at radius 2 is 1.91 bits per heavy atom. The second kappa shape index (κ2) is 4.22. The van der Waals surface area contributed by atoms with Gasteiger partial charge in [0.15, 0.2) is 0 Å². The lowest BCUT2D eigenvalue weighted by molar-refractivity contribution is -0.124. The van der Waals surface area contributed by atoms with Crippen molar-refractivity contribution in [3.63, 3.8) is 0 Å². The van der Waals surface area contributed by atoms with Gasteiger partial charge in [0.2, 0.25) is 5.91 Å². The molecule has 1 aliphatic heterocycles. The lowest BCUT2D eigenvalue weighted by Gasteiger charge is -2.30. The van der Waals surface area contributed by atoms with Crippen LogP contribution in [0.3, 0.4) is 0 Å². The van der Waals surface area contributed by atoms with E-state index in [9.17, 15) is 4.79 Å². The van der Waals surface area contributed by atoms with Crippen molar-refractivity contribution in [3.8, 4) is 0 Å². The lowest BCUT2D eigenvalue weighted by Crippen LogP contribution is -2.50. The number of hydrogen-bond acceptors (Lipinski definition) is 3. The fourth-order valence-corrected chi connectivity index (χ4v) is 1.45. The van der Waals surface area contributed by atoms with E-state index in [0.29, 0.717) is 0 Å². The van der Waals surface area contributed by atoms with Crippen molar-refractivity contribution in [2.45, 2.75) is 6.92 Å². The Balaban J connectivity index is 2.22. The molecule has 0 spiro atoms. The standard InChI is InChI=1S/C6H12IN3O/c1-6(11)8-10-4-2-9(7)3-5-10/h2-5H2,1H3,(H,8,11). The maximum atomic E-state index is 10.6. The van der Waals surface area contributed by atoms with Gasteiger partial charge >= 0.3 is 0 Å². The SMILES string of the molecule is CC(=O)NN1CCN(I)CC1. The average molecular weight is 269 g/mol. The number of halogens is 1. The van der Waals surface area contributed by atoms with Crippen LogP contribution in [0.15, 0.2) is 0 Å². The van der Waals surface area contributed by atoms with Gasteiger partial charge in [-0.3, -0.25) is 10.2 Å². The smallest absolute Gasteiger partial charge is 0.231 e. The molecular formula is C6H12IN3O. The highest BCUT2D eigenvalue weighted by atomic mass is 127. The maximum Gasteiger partial charge on any atom is 0.231 e. The monoisotopic (exact) mass is 269 g/mol. The third-order valence-electron chi connectivity index (χ3n) is 1.54. The van der Waals surface area contributed by atoms with Crippen molar-refractivity contribution < 1.29 is 4.79 Å². The zero-order chi connectivity index (χ0) is 8.27. The first kappa shape index (κ1) is 9.21. The van der Waals surface area contributed by atoms with E-state index in [2.05, 4.69) is 31.4 Å². The summed E-state index contributed by atoms with van der Waals surface area (Å²) in [4.78, 5) is 10.6. The van der Waals surface area contributed by atoms with Crippen LogP contribution in [0.5, 0.6) is 0 Å². The van der Waals surface area contributed by atoms with Crippen LogP contribution < -0.4 is 5.43 Å². The van der Waals surface area contributed by atoms with Gasteiger partial charge in [-0.25, -0.2) is 8.12 Å². The quantitative estimate of drug-likeness (QED) is 0.538. The highest BCUT2D eigenvalue weighted by molar-refractivity contribution is 14.1. The first-order valence-corrected chi connectivity index (χ1v) is 4.58. The van der Waals surface area contributed by atoms with Crippen LogP contribution in [0.4, 0.5) is 0 Å². The van der Waals surface area contributed by atoms with Crippen LogP contribution in [-0.4, -0.2) is 40.2 Å². The number of nitrogens with one attached hydrogen (secondary N) is 1. The molecule has 1 heterocycles. The highest BCUT2D eigenvalue weighted by Gasteiger charge is 2.14. The second-order valence-corrected chi connectivity index (χ2v) is 3.93. The Hall–Kier alpha value is 0.120.